The molecule has 3 aromatic rings. The number of aromatic nitrogens is 5. The lowest BCUT2D eigenvalue weighted by Gasteiger charge is -2.14. The summed E-state index contributed by atoms with van der Waals surface area (Å²) >= 11 is 1.56. The first-order valence-corrected chi connectivity index (χ1v) is 10.4. The van der Waals surface area contributed by atoms with Crippen molar-refractivity contribution in [1.29, 1.82) is 0 Å². The number of nitrogens with zero attached hydrogens (tertiary/aromatic N) is 6. The summed E-state index contributed by atoms with van der Waals surface area (Å²) in [4.78, 5) is 14.7. The van der Waals surface area contributed by atoms with Gasteiger partial charge in [-0.25, -0.2) is 9.48 Å². The number of rotatable bonds is 6. The van der Waals surface area contributed by atoms with Gasteiger partial charge in [-0.1, -0.05) is 41.7 Å². The van der Waals surface area contributed by atoms with Crippen LogP contribution in [0.1, 0.15) is 18.7 Å². The Morgan fingerprint density at radius 1 is 1.21 bits per heavy atom. The van der Waals surface area contributed by atoms with E-state index in [2.05, 4.69) is 25.5 Å². The average Bonchev–Trinajstić information content (AvgIpc) is 3.21. The van der Waals surface area contributed by atoms with Crippen LogP contribution in [0.5, 0.6) is 0 Å². The number of aryl methyl sites for hydroxylation is 1. The lowest BCUT2D eigenvalue weighted by Crippen LogP contribution is -2.30. The van der Waals surface area contributed by atoms with Gasteiger partial charge < -0.3 is 10.2 Å². The quantitative estimate of drug-likeness (QED) is 0.682. The number of nitrogens with one attached hydrogen (secondary N) is 1. The Bertz CT molecular complexity index is 976. The first-order valence-electron chi connectivity index (χ1n) is 9.57. The van der Waals surface area contributed by atoms with Gasteiger partial charge in [0.05, 0.1) is 6.54 Å². The van der Waals surface area contributed by atoms with Gasteiger partial charge in [0.15, 0.2) is 0 Å². The Hall–Kier alpha value is -2.52. The number of hydrogen-bond acceptors (Lipinski definition) is 7. The van der Waals surface area contributed by atoms with Crippen molar-refractivity contribution in [2.24, 2.45) is 0 Å². The van der Waals surface area contributed by atoms with Gasteiger partial charge in [-0.15, -0.1) is 10.2 Å². The monoisotopic (exact) mass is 399 g/mol. The SMILES string of the molecule is CN(C)CCn1nc2n(c1=O)CCC(Nc1nnc(-c3ccccc3)s1)CC2. The molecule has 0 amide bonds. The minimum absolute atomic E-state index is 0.000205. The van der Waals surface area contributed by atoms with Crippen LogP contribution in [0.3, 0.4) is 0 Å². The maximum absolute atomic E-state index is 12.6. The molecule has 28 heavy (non-hydrogen) atoms. The fraction of sp³-hybridized carbons (Fsp3) is 0.474. The van der Waals surface area contributed by atoms with Gasteiger partial charge in [0.2, 0.25) is 5.13 Å². The Labute approximate surface area is 167 Å². The summed E-state index contributed by atoms with van der Waals surface area (Å²) in [5.41, 5.74) is 1.08. The highest BCUT2D eigenvalue weighted by Crippen LogP contribution is 2.27. The second kappa shape index (κ2) is 8.24. The van der Waals surface area contributed by atoms with Crippen LogP contribution in [-0.2, 0) is 19.5 Å². The normalized spacial score (nSPS) is 16.8. The number of anilines is 1. The molecule has 0 aliphatic carbocycles. The molecule has 1 unspecified atom stereocenters. The molecule has 0 spiro atoms. The van der Waals surface area contributed by atoms with Crippen LogP contribution in [0.15, 0.2) is 35.1 Å². The molecule has 4 rings (SSSR count). The standard InChI is InChI=1S/C19H25N7OS/c1-24(2)12-13-26-19(27)25-11-10-15(8-9-16(25)23-26)20-18-22-21-17(28-18)14-6-4-3-5-7-14/h3-7,15H,8-13H2,1-2H3,(H,20,22). The van der Waals surface area contributed by atoms with E-state index < -0.39 is 0 Å². The molecule has 0 saturated heterocycles. The summed E-state index contributed by atoms with van der Waals surface area (Å²) in [6, 6.07) is 10.3. The molecule has 2 aromatic heterocycles. The number of hydrogen-bond donors (Lipinski definition) is 1. The molecule has 148 valence electrons. The van der Waals surface area contributed by atoms with Crippen molar-refractivity contribution in [1.82, 2.24) is 29.4 Å². The van der Waals surface area contributed by atoms with Crippen LogP contribution in [0.25, 0.3) is 10.6 Å². The zero-order chi connectivity index (χ0) is 19.5. The number of fused-ring (bicyclic) bond motifs is 1. The fourth-order valence-electron chi connectivity index (χ4n) is 3.37. The van der Waals surface area contributed by atoms with Gasteiger partial charge in [0.1, 0.15) is 10.8 Å². The first-order chi connectivity index (χ1) is 13.6. The average molecular weight is 400 g/mol. The van der Waals surface area contributed by atoms with Crippen LogP contribution >= 0.6 is 11.3 Å². The Kier molecular flexibility index (Phi) is 5.54. The smallest absolute Gasteiger partial charge is 0.345 e. The van der Waals surface area contributed by atoms with Crippen LogP contribution in [0, 0.1) is 0 Å². The van der Waals surface area contributed by atoms with E-state index in [4.69, 9.17) is 0 Å². The molecule has 1 atom stereocenters. The van der Waals surface area contributed by atoms with Gasteiger partial charge in [0.25, 0.3) is 0 Å². The van der Waals surface area contributed by atoms with Crippen molar-refractivity contribution in [2.45, 2.75) is 38.4 Å². The lowest BCUT2D eigenvalue weighted by molar-refractivity contribution is 0.367. The van der Waals surface area contributed by atoms with Crippen LogP contribution in [-0.4, -0.2) is 56.1 Å². The third-order valence-corrected chi connectivity index (χ3v) is 5.85. The molecule has 0 saturated carbocycles. The molecule has 9 heteroatoms. The van der Waals surface area contributed by atoms with E-state index in [1.807, 2.05) is 49.0 Å². The molecule has 1 N–H and O–H groups in total. The fourth-order valence-corrected chi connectivity index (χ4v) is 4.19. The van der Waals surface area contributed by atoms with E-state index in [0.29, 0.717) is 13.1 Å². The zero-order valence-electron chi connectivity index (χ0n) is 16.2. The molecule has 0 fully saturated rings. The van der Waals surface area contributed by atoms with Crippen LogP contribution in [0.4, 0.5) is 5.13 Å². The highest BCUT2D eigenvalue weighted by atomic mass is 32.1. The molecular weight excluding hydrogens is 374 g/mol. The zero-order valence-corrected chi connectivity index (χ0v) is 17.0. The third kappa shape index (κ3) is 4.15. The van der Waals surface area contributed by atoms with E-state index in [1.54, 1.807) is 16.0 Å². The lowest BCUT2D eigenvalue weighted by atomic mass is 10.1. The minimum Gasteiger partial charge on any atom is -0.357 e. The maximum atomic E-state index is 12.6. The highest BCUT2D eigenvalue weighted by molar-refractivity contribution is 7.18. The van der Waals surface area contributed by atoms with Crippen molar-refractivity contribution < 1.29 is 0 Å². The molecule has 0 bridgehead atoms. The molecule has 1 aliphatic heterocycles. The van der Waals surface area contributed by atoms with E-state index in [1.165, 1.54) is 0 Å². The largest absolute Gasteiger partial charge is 0.357 e. The Morgan fingerprint density at radius 2 is 2.04 bits per heavy atom. The van der Waals surface area contributed by atoms with Crippen LogP contribution in [0.2, 0.25) is 0 Å². The molecule has 1 aromatic carbocycles. The van der Waals surface area contributed by atoms with Crippen molar-refractivity contribution in [3.8, 4) is 10.6 Å². The van der Waals surface area contributed by atoms with E-state index >= 15 is 0 Å². The van der Waals surface area contributed by atoms with Crippen molar-refractivity contribution in [3.05, 3.63) is 46.6 Å². The summed E-state index contributed by atoms with van der Waals surface area (Å²) in [5, 5.41) is 18.4. The predicted molar refractivity (Wildman–Crippen MR) is 111 cm³/mol. The van der Waals surface area contributed by atoms with Gasteiger partial charge in [0, 0.05) is 31.1 Å². The first kappa shape index (κ1) is 18.8. The topological polar surface area (TPSA) is 80.9 Å². The second-order valence-electron chi connectivity index (χ2n) is 7.32. The number of benzene rings is 1. The highest BCUT2D eigenvalue weighted by Gasteiger charge is 2.21. The van der Waals surface area contributed by atoms with E-state index in [9.17, 15) is 4.79 Å². The Balaban J connectivity index is 1.40. The maximum Gasteiger partial charge on any atom is 0.345 e. The van der Waals surface area contributed by atoms with E-state index in [0.717, 1.165) is 47.3 Å². The second-order valence-corrected chi connectivity index (χ2v) is 8.30. The Morgan fingerprint density at radius 3 is 2.82 bits per heavy atom. The van der Waals surface area contributed by atoms with Gasteiger partial charge in [-0.3, -0.25) is 4.57 Å². The van der Waals surface area contributed by atoms with Gasteiger partial charge in [-0.05, 0) is 26.9 Å². The van der Waals surface area contributed by atoms with Crippen LogP contribution < -0.4 is 11.0 Å². The summed E-state index contributed by atoms with van der Waals surface area (Å²) in [7, 11) is 4.00. The van der Waals surface area contributed by atoms with Gasteiger partial charge in [-0.2, -0.15) is 5.10 Å². The summed E-state index contributed by atoms with van der Waals surface area (Å²) in [5.74, 6) is 0.885. The third-order valence-electron chi connectivity index (χ3n) is 4.95. The summed E-state index contributed by atoms with van der Waals surface area (Å²) in [6.07, 6.45) is 2.57. The number of likely N-dealkylation sites (N-methyl/N-ethyl adjacent to an activating group) is 1. The van der Waals surface area contributed by atoms with Crippen molar-refractivity contribution in [3.63, 3.8) is 0 Å². The molecule has 8 nitrogen and oxygen atoms in total. The molecule has 0 radical (unpaired) electrons. The minimum atomic E-state index is -0.000205. The van der Waals surface area contributed by atoms with E-state index in [-0.39, 0.29) is 11.7 Å². The molecular formula is C19H25N7OS. The summed E-state index contributed by atoms with van der Waals surface area (Å²) < 4.78 is 3.42. The van der Waals surface area contributed by atoms with Crippen molar-refractivity contribution in [2.75, 3.05) is 26.0 Å². The predicted octanol–water partition coefficient (Wildman–Crippen LogP) is 1.94. The molecule has 1 aliphatic rings. The van der Waals surface area contributed by atoms with Gasteiger partial charge >= 0.3 is 5.69 Å². The van der Waals surface area contributed by atoms with Crippen molar-refractivity contribution >= 4 is 16.5 Å². The molecule has 3 heterocycles. The summed E-state index contributed by atoms with van der Waals surface area (Å²) in [6.45, 7) is 2.11.